The average Bonchev–Trinajstić information content (AvgIpc) is 3.52. The minimum absolute atomic E-state index is 0.0789. The van der Waals surface area contributed by atoms with Crippen LogP contribution in [0.5, 0.6) is 0 Å². The van der Waals surface area contributed by atoms with Crippen molar-refractivity contribution in [1.29, 1.82) is 0 Å². The molecule has 5 atom stereocenters. The van der Waals surface area contributed by atoms with E-state index in [4.69, 9.17) is 9.26 Å². The summed E-state index contributed by atoms with van der Waals surface area (Å²) in [5.41, 5.74) is 0.825. The summed E-state index contributed by atoms with van der Waals surface area (Å²) < 4.78 is 25.0. The second-order valence-corrected chi connectivity index (χ2v) is 15.4. The Balaban J connectivity index is 2.02. The van der Waals surface area contributed by atoms with E-state index < -0.39 is 55.2 Å². The third kappa shape index (κ3) is 13.3. The maximum Gasteiger partial charge on any atom is 0.410 e. The minimum Gasteiger partial charge on any atom is -0.445 e. The van der Waals surface area contributed by atoms with Crippen LogP contribution in [0.25, 0.3) is 0 Å². The smallest absolute Gasteiger partial charge is 0.410 e. The quantitative estimate of drug-likeness (QED) is 0.170. The van der Waals surface area contributed by atoms with Crippen molar-refractivity contribution >= 4 is 37.1 Å². The van der Waals surface area contributed by atoms with E-state index in [-0.39, 0.29) is 43.4 Å². The molecule has 0 aromatic heterocycles. The largest absolute Gasteiger partial charge is 0.445 e. The lowest BCUT2D eigenvalue weighted by Crippen LogP contribution is -2.52. The second kappa shape index (κ2) is 19.4. The van der Waals surface area contributed by atoms with Gasteiger partial charge in [0.2, 0.25) is 31.0 Å². The van der Waals surface area contributed by atoms with Gasteiger partial charge in [-0.25, -0.2) is 4.79 Å². The zero-order valence-electron chi connectivity index (χ0n) is 28.9. The highest BCUT2D eigenvalue weighted by molar-refractivity contribution is 7.59. The van der Waals surface area contributed by atoms with Crippen molar-refractivity contribution in [3.05, 3.63) is 35.9 Å². The summed E-state index contributed by atoms with van der Waals surface area (Å²) >= 11 is 0. The Kier molecular flexibility index (Phi) is 16.4. The van der Waals surface area contributed by atoms with Crippen molar-refractivity contribution in [1.82, 2.24) is 26.2 Å². The number of hydrogen-bond donors (Lipinski definition) is 4. The van der Waals surface area contributed by atoms with Crippen molar-refractivity contribution in [2.45, 2.75) is 92.0 Å². The first-order chi connectivity index (χ1) is 22.2. The summed E-state index contributed by atoms with van der Waals surface area (Å²) in [6.45, 7) is 11.5. The fourth-order valence-electron chi connectivity index (χ4n) is 5.52. The molecule has 5 amide bonds. The van der Waals surface area contributed by atoms with E-state index in [0.29, 0.717) is 32.2 Å². The van der Waals surface area contributed by atoms with Crippen molar-refractivity contribution in [3.63, 3.8) is 0 Å². The molecule has 1 heterocycles. The third-order valence-electron chi connectivity index (χ3n) is 7.82. The Morgan fingerprint density at radius 3 is 2.19 bits per heavy atom. The molecule has 2 rings (SSSR count). The number of likely N-dealkylation sites (N-methyl/N-ethyl adjacent to an activating group) is 1. The van der Waals surface area contributed by atoms with Gasteiger partial charge in [0, 0.05) is 25.7 Å². The predicted molar refractivity (Wildman–Crippen MR) is 179 cm³/mol. The highest BCUT2D eigenvalue weighted by atomic mass is 31.2. The summed E-state index contributed by atoms with van der Waals surface area (Å²) in [6.07, 6.45) is 0.810. The van der Waals surface area contributed by atoms with E-state index in [1.54, 1.807) is 6.92 Å². The van der Waals surface area contributed by atoms with E-state index in [1.165, 1.54) is 18.9 Å². The van der Waals surface area contributed by atoms with Crippen LogP contribution in [0.1, 0.15) is 72.8 Å². The van der Waals surface area contributed by atoms with Gasteiger partial charge >= 0.3 is 6.09 Å². The number of carbonyl (C=O) groups is 5. The van der Waals surface area contributed by atoms with Crippen molar-refractivity contribution < 1.29 is 37.8 Å². The van der Waals surface area contributed by atoms with Gasteiger partial charge in [0.05, 0.1) is 12.9 Å². The molecule has 0 bridgehead atoms. The van der Waals surface area contributed by atoms with Gasteiger partial charge in [0.1, 0.15) is 24.7 Å². The first-order valence-corrected chi connectivity index (χ1v) is 18.5. The molecule has 0 saturated carbocycles. The highest BCUT2D eigenvalue weighted by Gasteiger charge is 2.37. The van der Waals surface area contributed by atoms with Crippen molar-refractivity contribution in [2.75, 3.05) is 32.6 Å². The lowest BCUT2D eigenvalue weighted by molar-refractivity contribution is -0.131. The fraction of sp³-hybridized carbons (Fsp3) is 0.667. The molecule has 1 aliphatic rings. The summed E-state index contributed by atoms with van der Waals surface area (Å²) in [5.74, 6) is -2.28. The van der Waals surface area contributed by atoms with Gasteiger partial charge in [0.25, 0.3) is 0 Å². The van der Waals surface area contributed by atoms with Gasteiger partial charge in [-0.3, -0.25) is 28.6 Å². The number of hydrogen-bond acceptors (Lipinski definition) is 8. The van der Waals surface area contributed by atoms with E-state index in [9.17, 15) is 28.5 Å². The van der Waals surface area contributed by atoms with Gasteiger partial charge < -0.3 is 30.5 Å². The molecule has 0 spiro atoms. The zero-order chi connectivity index (χ0) is 35.1. The van der Waals surface area contributed by atoms with Gasteiger partial charge in [0.15, 0.2) is 0 Å². The molecule has 0 aliphatic carbocycles. The molecule has 47 heavy (non-hydrogen) atoms. The maximum atomic E-state index is 14.0. The Labute approximate surface area is 279 Å². The second-order valence-electron chi connectivity index (χ2n) is 12.9. The number of likely N-dealkylation sites (tertiary alicyclic amines) is 1. The van der Waals surface area contributed by atoms with Crippen LogP contribution in [0.15, 0.2) is 30.3 Å². The average molecular weight is 680 g/mol. The summed E-state index contributed by atoms with van der Waals surface area (Å²) in [4.78, 5) is 66.1. The number of nitrogens with one attached hydrogen (secondary N) is 4. The summed E-state index contributed by atoms with van der Waals surface area (Å²) in [5, 5.41) is 10.7. The van der Waals surface area contributed by atoms with Crippen LogP contribution in [0.3, 0.4) is 0 Å². The molecular weight excluding hydrogens is 625 g/mol. The monoisotopic (exact) mass is 679 g/mol. The topological polar surface area (TPSA) is 172 Å². The first kappa shape index (κ1) is 39.7. The maximum absolute atomic E-state index is 14.0. The van der Waals surface area contributed by atoms with E-state index in [0.717, 1.165) is 5.56 Å². The van der Waals surface area contributed by atoms with Crippen LogP contribution < -0.4 is 21.3 Å². The molecule has 1 fully saturated rings. The molecule has 4 N–H and O–H groups in total. The Morgan fingerprint density at radius 2 is 1.60 bits per heavy atom. The molecule has 1 saturated heterocycles. The Bertz CT molecular complexity index is 1240. The van der Waals surface area contributed by atoms with Crippen LogP contribution >= 0.6 is 7.37 Å². The lowest BCUT2D eigenvalue weighted by atomic mass is 9.96. The third-order valence-corrected chi connectivity index (χ3v) is 10.2. The number of benzene rings is 1. The number of nitrogens with zero attached hydrogens (tertiary/aromatic N) is 1. The minimum atomic E-state index is -3.57. The predicted octanol–water partition coefficient (Wildman–Crippen LogP) is 3.62. The van der Waals surface area contributed by atoms with Crippen LogP contribution in [0.2, 0.25) is 0 Å². The SMILES string of the molecule is CCOP(=O)(CNC(=O)[C@H](C)NC(=O)[C@H]1CCCN1C(=O)OCc1ccccc1)C[C@@H](CC(C)C)C(=O)N[C@@H](CC(C)C)C(=O)NC. The number of ether oxygens (including phenoxy) is 1. The molecule has 264 valence electrons. The van der Waals surface area contributed by atoms with Gasteiger partial charge in [-0.15, -0.1) is 0 Å². The lowest BCUT2D eigenvalue weighted by Gasteiger charge is -2.27. The van der Waals surface area contributed by atoms with Gasteiger partial charge in [-0.2, -0.15) is 0 Å². The molecule has 13 nitrogen and oxygen atoms in total. The molecule has 1 aromatic rings. The standard InChI is InChI=1S/C33H54N5O8P/c1-8-46-47(44,20-26(17-22(2)3)30(40)37-27(18-23(4)5)31(41)34-7)21-35-29(39)24(6)36-32(42)28-15-12-16-38(28)33(43)45-19-25-13-10-9-11-14-25/h9-11,13-14,22-24,26-28H,8,12,15-21H2,1-7H3,(H,34,41)(H,35,39)(H,36,42)(H,37,40)/t24-,26+,27-,28+,47?/m0/s1. The Hall–Kier alpha value is -3.44. The van der Waals surface area contributed by atoms with E-state index in [1.807, 2.05) is 58.0 Å². The van der Waals surface area contributed by atoms with Crippen LogP contribution in [-0.4, -0.2) is 85.4 Å². The molecule has 1 aromatic carbocycles. The molecule has 0 radical (unpaired) electrons. The number of carbonyl (C=O) groups excluding carboxylic acids is 5. The molecule has 1 aliphatic heterocycles. The van der Waals surface area contributed by atoms with Crippen molar-refractivity contribution in [2.24, 2.45) is 17.8 Å². The number of amides is 5. The summed E-state index contributed by atoms with van der Waals surface area (Å²) in [7, 11) is -2.06. The molecule has 14 heteroatoms. The van der Waals surface area contributed by atoms with Crippen molar-refractivity contribution in [3.8, 4) is 0 Å². The fourth-order valence-corrected chi connectivity index (χ4v) is 7.70. The summed E-state index contributed by atoms with van der Waals surface area (Å²) in [6, 6.07) is 6.70. The van der Waals surface area contributed by atoms with Crippen LogP contribution in [0, 0.1) is 17.8 Å². The van der Waals surface area contributed by atoms with Gasteiger partial charge in [-0.05, 0) is 56.9 Å². The zero-order valence-corrected chi connectivity index (χ0v) is 29.8. The van der Waals surface area contributed by atoms with Gasteiger partial charge in [-0.1, -0.05) is 58.0 Å². The van der Waals surface area contributed by atoms with E-state index in [2.05, 4.69) is 21.3 Å². The first-order valence-electron chi connectivity index (χ1n) is 16.5. The highest BCUT2D eigenvalue weighted by Crippen LogP contribution is 2.48. The van der Waals surface area contributed by atoms with Crippen LogP contribution in [-0.2, 0) is 39.6 Å². The molecule has 1 unspecified atom stereocenters. The van der Waals surface area contributed by atoms with E-state index >= 15 is 0 Å². The Morgan fingerprint density at radius 1 is 0.936 bits per heavy atom. The number of rotatable bonds is 18. The normalized spacial score (nSPS) is 17.7. The van der Waals surface area contributed by atoms with Crippen LogP contribution in [0.4, 0.5) is 4.79 Å². The molecular formula is C33H54N5O8P.